The van der Waals surface area contributed by atoms with Gasteiger partial charge in [0.05, 0.1) is 16.8 Å². The number of nitro groups is 1. The minimum Gasteiger partial charge on any atom is -0.258 e. The van der Waals surface area contributed by atoms with Crippen molar-refractivity contribution >= 4 is 5.69 Å². The van der Waals surface area contributed by atoms with E-state index in [0.717, 1.165) is 18.5 Å². The van der Waals surface area contributed by atoms with Crippen LogP contribution in [0.5, 0.6) is 0 Å². The van der Waals surface area contributed by atoms with Crippen molar-refractivity contribution in [2.75, 3.05) is 0 Å². The van der Waals surface area contributed by atoms with Gasteiger partial charge in [-0.2, -0.15) is 5.10 Å². The second-order valence-corrected chi connectivity index (χ2v) is 4.51. The topological polar surface area (TPSA) is 61.0 Å². The lowest BCUT2D eigenvalue weighted by molar-refractivity contribution is -0.384. The van der Waals surface area contributed by atoms with Crippen LogP contribution in [0.15, 0.2) is 30.5 Å². The van der Waals surface area contributed by atoms with E-state index in [1.807, 2.05) is 10.9 Å². The number of hydrogen-bond donors (Lipinski definition) is 0. The molecule has 1 aliphatic rings. The number of fused-ring (bicyclic) bond motifs is 1. The van der Waals surface area contributed by atoms with E-state index < -0.39 is 0 Å². The van der Waals surface area contributed by atoms with Crippen LogP contribution in [-0.4, -0.2) is 14.7 Å². The molecule has 0 N–H and O–H groups in total. The predicted octanol–water partition coefficient (Wildman–Crippen LogP) is 2.66. The molecule has 18 heavy (non-hydrogen) atoms. The van der Waals surface area contributed by atoms with Gasteiger partial charge >= 0.3 is 0 Å². The highest BCUT2D eigenvalue weighted by Crippen LogP contribution is 2.24. The van der Waals surface area contributed by atoms with Gasteiger partial charge in [-0.1, -0.05) is 0 Å². The maximum absolute atomic E-state index is 10.6. The van der Waals surface area contributed by atoms with E-state index in [1.54, 1.807) is 12.1 Å². The molecule has 92 valence electrons. The number of non-ortho nitro benzene ring substituents is 1. The molecule has 0 fully saturated rings. The van der Waals surface area contributed by atoms with Crippen LogP contribution in [-0.2, 0) is 12.8 Å². The number of aromatic nitrogens is 2. The fourth-order valence-corrected chi connectivity index (χ4v) is 2.43. The molecule has 0 aliphatic heterocycles. The zero-order valence-corrected chi connectivity index (χ0v) is 9.87. The molecule has 0 saturated carbocycles. The molecule has 0 atom stereocenters. The Hall–Kier alpha value is -2.17. The summed E-state index contributed by atoms with van der Waals surface area (Å²) >= 11 is 0. The Kier molecular flexibility index (Phi) is 2.59. The van der Waals surface area contributed by atoms with Crippen molar-refractivity contribution in [2.24, 2.45) is 0 Å². The van der Waals surface area contributed by atoms with Gasteiger partial charge in [0.2, 0.25) is 0 Å². The first-order chi connectivity index (χ1) is 8.75. The number of benzene rings is 1. The first kappa shape index (κ1) is 11.0. The van der Waals surface area contributed by atoms with Crippen LogP contribution < -0.4 is 0 Å². The minimum absolute atomic E-state index is 0.111. The van der Waals surface area contributed by atoms with E-state index in [-0.39, 0.29) is 10.6 Å². The van der Waals surface area contributed by atoms with Gasteiger partial charge in [-0.05, 0) is 43.4 Å². The van der Waals surface area contributed by atoms with Gasteiger partial charge in [0, 0.05) is 17.8 Å². The van der Waals surface area contributed by atoms with Gasteiger partial charge < -0.3 is 0 Å². The maximum Gasteiger partial charge on any atom is 0.269 e. The highest BCUT2D eigenvalue weighted by molar-refractivity contribution is 5.42. The lowest BCUT2D eigenvalue weighted by atomic mass is 9.98. The zero-order chi connectivity index (χ0) is 12.5. The summed E-state index contributed by atoms with van der Waals surface area (Å²) in [7, 11) is 0. The molecule has 1 aromatic heterocycles. The molecule has 3 rings (SSSR count). The quantitative estimate of drug-likeness (QED) is 0.601. The molecule has 1 heterocycles. The lowest BCUT2D eigenvalue weighted by Crippen LogP contribution is -2.07. The average Bonchev–Trinajstić information content (AvgIpc) is 2.82. The Morgan fingerprint density at radius 3 is 2.61 bits per heavy atom. The van der Waals surface area contributed by atoms with E-state index in [4.69, 9.17) is 0 Å². The van der Waals surface area contributed by atoms with Crippen LogP contribution in [0, 0.1) is 10.1 Å². The van der Waals surface area contributed by atoms with E-state index in [9.17, 15) is 10.1 Å². The third-order valence-corrected chi connectivity index (χ3v) is 3.37. The van der Waals surface area contributed by atoms with Gasteiger partial charge in [0.25, 0.3) is 5.69 Å². The van der Waals surface area contributed by atoms with Crippen molar-refractivity contribution in [1.29, 1.82) is 0 Å². The van der Waals surface area contributed by atoms with Crippen LogP contribution in [0.3, 0.4) is 0 Å². The molecular weight excluding hydrogens is 230 g/mol. The summed E-state index contributed by atoms with van der Waals surface area (Å²) in [6, 6.07) is 6.54. The molecule has 0 unspecified atom stereocenters. The van der Waals surface area contributed by atoms with Crippen molar-refractivity contribution in [3.05, 3.63) is 51.8 Å². The van der Waals surface area contributed by atoms with E-state index in [0.29, 0.717) is 0 Å². The predicted molar refractivity (Wildman–Crippen MR) is 66.9 cm³/mol. The van der Waals surface area contributed by atoms with Crippen molar-refractivity contribution in [3.8, 4) is 5.69 Å². The first-order valence-electron chi connectivity index (χ1n) is 6.06. The second-order valence-electron chi connectivity index (χ2n) is 4.51. The molecule has 0 amide bonds. The summed E-state index contributed by atoms with van der Waals surface area (Å²) in [5.74, 6) is 0. The normalized spacial score (nSPS) is 14.2. The molecule has 5 nitrogen and oxygen atoms in total. The Morgan fingerprint density at radius 1 is 1.17 bits per heavy atom. The number of hydrogen-bond acceptors (Lipinski definition) is 3. The van der Waals surface area contributed by atoms with Crippen molar-refractivity contribution < 1.29 is 4.92 Å². The SMILES string of the molecule is O=[N+]([O-])c1ccc(-n2ncc3c2CCCC3)cc1. The minimum atomic E-state index is -0.387. The maximum atomic E-state index is 10.6. The van der Waals surface area contributed by atoms with E-state index in [1.165, 1.54) is 36.2 Å². The van der Waals surface area contributed by atoms with Gasteiger partial charge in [-0.3, -0.25) is 10.1 Å². The molecule has 1 aliphatic carbocycles. The number of aryl methyl sites for hydroxylation is 1. The van der Waals surface area contributed by atoms with Gasteiger partial charge in [0.15, 0.2) is 0 Å². The Labute approximate surface area is 104 Å². The lowest BCUT2D eigenvalue weighted by Gasteiger charge is -2.13. The zero-order valence-electron chi connectivity index (χ0n) is 9.87. The summed E-state index contributed by atoms with van der Waals surface area (Å²) in [4.78, 5) is 10.2. The van der Waals surface area contributed by atoms with E-state index in [2.05, 4.69) is 5.10 Å². The summed E-state index contributed by atoms with van der Waals surface area (Å²) in [6.45, 7) is 0. The Bertz CT molecular complexity index is 587. The monoisotopic (exact) mass is 243 g/mol. The molecule has 0 saturated heterocycles. The highest BCUT2D eigenvalue weighted by Gasteiger charge is 2.16. The highest BCUT2D eigenvalue weighted by atomic mass is 16.6. The summed E-state index contributed by atoms with van der Waals surface area (Å²) in [5, 5.41) is 15.0. The summed E-state index contributed by atoms with van der Waals surface area (Å²) in [6.07, 6.45) is 6.44. The third-order valence-electron chi connectivity index (χ3n) is 3.37. The van der Waals surface area contributed by atoms with Crippen LogP contribution in [0.4, 0.5) is 5.69 Å². The van der Waals surface area contributed by atoms with Crippen molar-refractivity contribution in [2.45, 2.75) is 25.7 Å². The molecule has 1 aromatic carbocycles. The fourth-order valence-electron chi connectivity index (χ4n) is 2.43. The van der Waals surface area contributed by atoms with Crippen LogP contribution in [0.1, 0.15) is 24.1 Å². The Morgan fingerprint density at radius 2 is 1.89 bits per heavy atom. The molecule has 0 spiro atoms. The van der Waals surface area contributed by atoms with E-state index >= 15 is 0 Å². The van der Waals surface area contributed by atoms with Crippen molar-refractivity contribution in [1.82, 2.24) is 9.78 Å². The fraction of sp³-hybridized carbons (Fsp3) is 0.308. The van der Waals surface area contributed by atoms with Gasteiger partial charge in [-0.15, -0.1) is 0 Å². The standard InChI is InChI=1S/C13H13N3O2/c17-16(18)12-7-5-11(6-8-12)15-13-4-2-1-3-10(13)9-14-15/h5-9H,1-4H2. The van der Waals surface area contributed by atoms with Gasteiger partial charge in [-0.25, -0.2) is 4.68 Å². The molecule has 5 heteroatoms. The average molecular weight is 243 g/mol. The van der Waals surface area contributed by atoms with Crippen molar-refractivity contribution in [3.63, 3.8) is 0 Å². The Balaban J connectivity index is 1.99. The molecule has 0 radical (unpaired) electrons. The van der Waals surface area contributed by atoms with Crippen LogP contribution >= 0.6 is 0 Å². The van der Waals surface area contributed by atoms with Crippen LogP contribution in [0.2, 0.25) is 0 Å². The first-order valence-corrected chi connectivity index (χ1v) is 6.06. The smallest absolute Gasteiger partial charge is 0.258 e. The van der Waals surface area contributed by atoms with Crippen LogP contribution in [0.25, 0.3) is 5.69 Å². The summed E-state index contributed by atoms with van der Waals surface area (Å²) < 4.78 is 1.90. The summed E-state index contributed by atoms with van der Waals surface area (Å²) in [5.41, 5.74) is 3.55. The molecular formula is C13H13N3O2. The number of rotatable bonds is 2. The number of nitro benzene ring substituents is 1. The second kappa shape index (κ2) is 4.25. The largest absolute Gasteiger partial charge is 0.269 e. The molecule has 2 aromatic rings. The van der Waals surface area contributed by atoms with Gasteiger partial charge in [0.1, 0.15) is 0 Å². The third kappa shape index (κ3) is 1.77. The number of nitrogens with zero attached hydrogens (tertiary/aromatic N) is 3. The molecule has 0 bridgehead atoms.